The number of hydrogen-bond acceptors (Lipinski definition) is 3. The molecule has 44 heavy (non-hydrogen) atoms. The Morgan fingerprint density at radius 3 is 1.05 bits per heavy atom. The first-order chi connectivity index (χ1) is 20.2. The maximum absolute atomic E-state index is 12.9. The molecule has 0 heterocycles. The Morgan fingerprint density at radius 1 is 0.545 bits per heavy atom. The smallest absolute Gasteiger partial charge is 0.438 e. The van der Waals surface area contributed by atoms with Crippen LogP contribution in [0.3, 0.4) is 0 Å². The summed E-state index contributed by atoms with van der Waals surface area (Å²) in [6, 6.07) is 7.36. The van der Waals surface area contributed by atoms with Crippen molar-refractivity contribution in [3.63, 3.8) is 0 Å². The molecule has 0 aromatic heterocycles. The van der Waals surface area contributed by atoms with E-state index in [0.717, 1.165) is 24.9 Å². The zero-order chi connectivity index (χ0) is 34.5. The third kappa shape index (κ3) is 13.8. The molecule has 0 aliphatic heterocycles. The van der Waals surface area contributed by atoms with Crippen LogP contribution in [0.25, 0.3) is 0 Å². The first-order valence-corrected chi connectivity index (χ1v) is 35.1. The van der Waals surface area contributed by atoms with Gasteiger partial charge < -0.3 is 9.47 Å². The van der Waals surface area contributed by atoms with Gasteiger partial charge in [-0.25, -0.2) is 4.79 Å². The summed E-state index contributed by atoms with van der Waals surface area (Å²) in [6.07, 6.45) is 2.85. The van der Waals surface area contributed by atoms with E-state index in [4.69, 9.17) is 9.47 Å². The topological polar surface area (TPSA) is 35.5 Å². The van der Waals surface area contributed by atoms with Gasteiger partial charge in [-0.3, -0.25) is 0 Å². The van der Waals surface area contributed by atoms with E-state index in [9.17, 15) is 4.79 Å². The largest absolute Gasteiger partial charge is 0.507 e. The lowest BCUT2D eigenvalue weighted by Crippen LogP contribution is -2.45. The molecule has 0 radical (unpaired) electrons. The van der Waals surface area contributed by atoms with Crippen LogP contribution in [-0.4, -0.2) is 67.1 Å². The second-order valence-electron chi connectivity index (χ2n) is 16.2. The van der Waals surface area contributed by atoms with Gasteiger partial charge in [0.25, 0.3) is 0 Å². The number of hydrogen-bond donors (Lipinski definition) is 0. The summed E-state index contributed by atoms with van der Waals surface area (Å²) in [5.41, 5.74) is 13.9. The Kier molecular flexibility index (Phi) is 18.0. The van der Waals surface area contributed by atoms with Gasteiger partial charge in [0.15, 0.2) is 0 Å². The molecule has 0 aromatic rings. The molecule has 0 aromatic carbocycles. The minimum Gasteiger partial charge on any atom is -0.438 e. The number of ether oxygens (including phenoxy) is 2. The van der Waals surface area contributed by atoms with Crippen LogP contribution in [-0.2, 0) is 9.47 Å². The molecule has 0 aliphatic rings. The second kappa shape index (κ2) is 18.4. The summed E-state index contributed by atoms with van der Waals surface area (Å²) in [4.78, 5) is 12.9. The fraction of sp³-hybridized carbons (Fsp3) is 0.629. The molecule has 252 valence electrons. The lowest BCUT2D eigenvalue weighted by Gasteiger charge is -2.38. The highest BCUT2D eigenvalue weighted by Gasteiger charge is 2.40. The SMILES string of the molecule is C=C[Si](C=C)(C=C)CC[Si](C)(C)CC(CC)[Si](C)(C)COC(=O)OC[Si](C)(C)C(CC)C[Si](C)(C)CC[Si](C=C)(C=C)C=C. The molecule has 0 saturated carbocycles. The maximum Gasteiger partial charge on any atom is 0.507 e. The van der Waals surface area contributed by atoms with Crippen LogP contribution < -0.4 is 0 Å². The molecular formula is C35H70O3Si6. The van der Waals surface area contributed by atoms with Gasteiger partial charge in [-0.05, 0) is 23.2 Å². The molecule has 2 unspecified atom stereocenters. The zero-order valence-corrected chi connectivity index (χ0v) is 36.7. The fourth-order valence-electron chi connectivity index (χ4n) is 6.47. The third-order valence-corrected chi connectivity index (χ3v) is 33.1. The zero-order valence-electron chi connectivity index (χ0n) is 30.7. The van der Waals surface area contributed by atoms with Crippen LogP contribution in [0.4, 0.5) is 4.79 Å². The van der Waals surface area contributed by atoms with Crippen LogP contribution in [0.1, 0.15) is 26.7 Å². The molecule has 0 amide bonds. The van der Waals surface area contributed by atoms with E-state index >= 15 is 0 Å². The Labute approximate surface area is 280 Å². The van der Waals surface area contributed by atoms with Crippen LogP contribution >= 0.6 is 0 Å². The minimum absolute atomic E-state index is 0.471. The molecular weight excluding hydrogens is 637 g/mol. The van der Waals surface area contributed by atoms with Gasteiger partial charge in [0.2, 0.25) is 0 Å². The van der Waals surface area contributed by atoms with Gasteiger partial charge in [0.05, 0.1) is 28.6 Å². The van der Waals surface area contributed by atoms with E-state index in [0.29, 0.717) is 23.5 Å². The number of rotatable bonds is 24. The minimum atomic E-state index is -1.81. The van der Waals surface area contributed by atoms with Gasteiger partial charge in [-0.2, -0.15) is 0 Å². The maximum atomic E-state index is 12.9. The first-order valence-electron chi connectivity index (χ1n) is 16.8. The van der Waals surface area contributed by atoms with Crippen molar-refractivity contribution in [2.45, 2.75) is 126 Å². The van der Waals surface area contributed by atoms with Crippen molar-refractivity contribution >= 4 is 54.6 Å². The van der Waals surface area contributed by atoms with Crippen LogP contribution in [0.5, 0.6) is 0 Å². The molecule has 0 spiro atoms. The Balaban J connectivity index is 5.21. The van der Waals surface area contributed by atoms with Crippen molar-refractivity contribution in [2.75, 3.05) is 12.5 Å². The predicted octanol–water partition coefficient (Wildman–Crippen LogP) is 11.9. The Bertz CT molecular complexity index is 865. The van der Waals surface area contributed by atoms with Gasteiger partial charge in [0.1, 0.15) is 16.1 Å². The van der Waals surface area contributed by atoms with Gasteiger partial charge in [-0.1, -0.05) is 137 Å². The van der Waals surface area contributed by atoms with Crippen molar-refractivity contribution < 1.29 is 14.3 Å². The number of carbonyl (C=O) groups excluding carboxylic acids is 1. The summed E-state index contributed by atoms with van der Waals surface area (Å²) in [7, 11) is -10.1. The number of carbonyl (C=O) groups is 1. The van der Waals surface area contributed by atoms with E-state index in [1.165, 1.54) is 24.2 Å². The molecule has 0 fully saturated rings. The molecule has 0 N–H and O–H groups in total. The monoisotopic (exact) mass is 706 g/mol. The third-order valence-electron chi connectivity index (χ3n) is 10.7. The molecule has 0 saturated heterocycles. The second-order valence-corrected chi connectivity index (χ2v) is 44.7. The van der Waals surface area contributed by atoms with E-state index in [1.54, 1.807) is 0 Å². The molecule has 0 bridgehead atoms. The van der Waals surface area contributed by atoms with E-state index in [1.807, 2.05) is 0 Å². The molecule has 0 rings (SSSR count). The Hall–Kier alpha value is -0.989. The lowest BCUT2D eigenvalue weighted by atomic mass is 10.4. The van der Waals surface area contributed by atoms with Gasteiger partial charge >= 0.3 is 6.16 Å². The van der Waals surface area contributed by atoms with Gasteiger partial charge in [-0.15, -0.1) is 39.5 Å². The average molecular weight is 707 g/mol. The standard InChI is InChI=1S/C35H70O3Si6/c1-17-33(29-39(9,10)25-27-43(19-3,20-4)21-5)41(13,14)31-37-35(36)38-32-42(15,16)34(18-2)30-40(11,12)26-28-44(22-6,23-7)24-8/h19-24,33-34H,3-8,17-18,25-32H2,1-2,9-16H3. The normalized spacial score (nSPS) is 14.6. The van der Waals surface area contributed by atoms with Crippen LogP contribution in [0, 0.1) is 0 Å². The van der Waals surface area contributed by atoms with Crippen molar-refractivity contribution in [1.29, 1.82) is 0 Å². The van der Waals surface area contributed by atoms with Crippen molar-refractivity contribution in [2.24, 2.45) is 0 Å². The molecule has 0 aliphatic carbocycles. The first kappa shape index (κ1) is 43.0. The summed E-state index contributed by atoms with van der Waals surface area (Å²) in [5, 5.41) is 0. The molecule has 9 heteroatoms. The Morgan fingerprint density at radius 2 is 0.818 bits per heavy atom. The van der Waals surface area contributed by atoms with E-state index < -0.39 is 54.6 Å². The van der Waals surface area contributed by atoms with E-state index in [2.05, 4.69) is 140 Å². The van der Waals surface area contributed by atoms with Crippen LogP contribution in [0.15, 0.2) is 73.7 Å². The molecule has 3 nitrogen and oxygen atoms in total. The summed E-state index contributed by atoms with van der Waals surface area (Å²) in [6.45, 7) is 48.8. The predicted molar refractivity (Wildman–Crippen MR) is 217 cm³/mol. The highest BCUT2D eigenvalue weighted by molar-refractivity contribution is 6.95. The fourth-order valence-corrected chi connectivity index (χ4v) is 32.6. The quantitative estimate of drug-likeness (QED) is 0.0740. The van der Waals surface area contributed by atoms with Gasteiger partial charge in [0, 0.05) is 16.1 Å². The lowest BCUT2D eigenvalue weighted by molar-refractivity contribution is 0.0772. The highest BCUT2D eigenvalue weighted by Crippen LogP contribution is 2.39. The summed E-state index contributed by atoms with van der Waals surface area (Å²) >= 11 is 0. The van der Waals surface area contributed by atoms with E-state index in [-0.39, 0.29) is 0 Å². The summed E-state index contributed by atoms with van der Waals surface area (Å²) in [5.74, 6) is 0. The summed E-state index contributed by atoms with van der Waals surface area (Å²) < 4.78 is 11.8. The highest BCUT2D eigenvalue weighted by atomic mass is 28.3. The molecule has 2 atom stereocenters. The van der Waals surface area contributed by atoms with Crippen molar-refractivity contribution in [3.8, 4) is 0 Å². The average Bonchev–Trinajstić information content (AvgIpc) is 2.98. The van der Waals surface area contributed by atoms with Crippen molar-refractivity contribution in [1.82, 2.24) is 0 Å². The van der Waals surface area contributed by atoms with Crippen LogP contribution in [0.2, 0.25) is 99.7 Å². The van der Waals surface area contributed by atoms with Crippen molar-refractivity contribution in [3.05, 3.63) is 73.7 Å².